The van der Waals surface area contributed by atoms with Crippen LogP contribution < -0.4 is 0 Å². The molecule has 0 bridgehead atoms. The van der Waals surface area contributed by atoms with Gasteiger partial charge in [-0.1, -0.05) is 11.6 Å². The number of hydrogen-bond donors (Lipinski definition) is 1. The summed E-state index contributed by atoms with van der Waals surface area (Å²) in [6.07, 6.45) is 1.58. The van der Waals surface area contributed by atoms with Crippen molar-refractivity contribution >= 4 is 33.5 Å². The summed E-state index contributed by atoms with van der Waals surface area (Å²) in [6.45, 7) is 0. The maximum Gasteiger partial charge on any atom is 0.356 e. The Morgan fingerprint density at radius 3 is 2.82 bits per heavy atom. The maximum absolute atomic E-state index is 10.9. The highest BCUT2D eigenvalue weighted by atomic mass is 79.9. The maximum atomic E-state index is 10.9. The summed E-state index contributed by atoms with van der Waals surface area (Å²) in [7, 11) is 1.30. The molecule has 0 aliphatic carbocycles. The van der Waals surface area contributed by atoms with Gasteiger partial charge in [-0.3, -0.25) is 0 Å². The molecule has 0 saturated carbocycles. The molecule has 0 amide bonds. The molecule has 1 aromatic rings. The quantitative estimate of drug-likeness (QED) is 0.762. The van der Waals surface area contributed by atoms with E-state index in [0.29, 0.717) is 9.50 Å². The van der Waals surface area contributed by atoms with E-state index in [0.717, 1.165) is 0 Å². The van der Waals surface area contributed by atoms with Crippen LogP contribution in [0.2, 0.25) is 5.02 Å². The van der Waals surface area contributed by atoms with Crippen LogP contribution in [0.3, 0.4) is 0 Å². The van der Waals surface area contributed by atoms with Gasteiger partial charge >= 0.3 is 5.97 Å². The SMILES string of the molecule is COC(=O)c1[nH]cc(Br)c1Cl. The molecule has 0 aliphatic heterocycles. The highest BCUT2D eigenvalue weighted by Gasteiger charge is 2.14. The Bertz CT molecular complexity index is 284. The number of aromatic amines is 1. The number of nitrogens with one attached hydrogen (secondary N) is 1. The molecule has 0 spiro atoms. The first-order valence-electron chi connectivity index (χ1n) is 2.77. The first kappa shape index (κ1) is 8.62. The van der Waals surface area contributed by atoms with E-state index in [4.69, 9.17) is 11.6 Å². The fraction of sp³-hybridized carbons (Fsp3) is 0.167. The van der Waals surface area contributed by atoms with Crippen LogP contribution in [0.25, 0.3) is 0 Å². The zero-order valence-electron chi connectivity index (χ0n) is 5.65. The third kappa shape index (κ3) is 1.57. The monoisotopic (exact) mass is 237 g/mol. The van der Waals surface area contributed by atoms with Gasteiger partial charge in [-0.2, -0.15) is 0 Å². The van der Waals surface area contributed by atoms with Crippen molar-refractivity contribution in [2.75, 3.05) is 7.11 Å². The highest BCUT2D eigenvalue weighted by Crippen LogP contribution is 2.25. The molecule has 1 rings (SSSR count). The number of carbonyl (C=O) groups is 1. The molecule has 1 aromatic heterocycles. The second-order valence-electron chi connectivity index (χ2n) is 1.82. The van der Waals surface area contributed by atoms with Crippen molar-refractivity contribution in [3.05, 3.63) is 21.4 Å². The Morgan fingerprint density at radius 2 is 2.45 bits per heavy atom. The predicted octanol–water partition coefficient (Wildman–Crippen LogP) is 2.22. The minimum Gasteiger partial charge on any atom is -0.464 e. The van der Waals surface area contributed by atoms with Crippen LogP contribution in [-0.4, -0.2) is 18.1 Å². The lowest BCUT2D eigenvalue weighted by molar-refractivity contribution is 0.0595. The zero-order valence-corrected chi connectivity index (χ0v) is 7.99. The summed E-state index contributed by atoms with van der Waals surface area (Å²) in [5.41, 5.74) is 0.265. The summed E-state index contributed by atoms with van der Waals surface area (Å²) in [5.74, 6) is -0.472. The molecule has 1 N–H and O–H groups in total. The number of ether oxygens (including phenoxy) is 1. The molecular formula is C6H5BrClNO2. The van der Waals surface area contributed by atoms with Gasteiger partial charge in [0.25, 0.3) is 0 Å². The standard InChI is InChI=1S/C6H5BrClNO2/c1-11-6(10)5-4(8)3(7)2-9-5/h2,9H,1H3. The molecule has 0 radical (unpaired) electrons. The molecule has 0 aromatic carbocycles. The molecule has 0 atom stereocenters. The fourth-order valence-corrected chi connectivity index (χ4v) is 1.13. The second kappa shape index (κ2) is 3.28. The van der Waals surface area contributed by atoms with Crippen LogP contribution in [0.4, 0.5) is 0 Å². The number of rotatable bonds is 1. The Kier molecular flexibility index (Phi) is 2.57. The van der Waals surface area contributed by atoms with Crippen LogP contribution in [-0.2, 0) is 4.74 Å². The van der Waals surface area contributed by atoms with Crippen LogP contribution in [0.15, 0.2) is 10.7 Å². The number of halogens is 2. The van der Waals surface area contributed by atoms with Crippen molar-refractivity contribution in [2.24, 2.45) is 0 Å². The van der Waals surface area contributed by atoms with Crippen LogP contribution in [0.5, 0.6) is 0 Å². The molecule has 1 heterocycles. The molecule has 3 nitrogen and oxygen atoms in total. The lowest BCUT2D eigenvalue weighted by Crippen LogP contribution is -2.01. The van der Waals surface area contributed by atoms with Crippen LogP contribution in [0.1, 0.15) is 10.5 Å². The minimum absolute atomic E-state index is 0.265. The Hall–Kier alpha value is -0.480. The van der Waals surface area contributed by atoms with Gasteiger partial charge < -0.3 is 9.72 Å². The zero-order chi connectivity index (χ0) is 8.43. The summed E-state index contributed by atoms with van der Waals surface area (Å²) < 4.78 is 5.11. The average molecular weight is 238 g/mol. The smallest absolute Gasteiger partial charge is 0.356 e. The van der Waals surface area contributed by atoms with E-state index in [1.54, 1.807) is 6.20 Å². The fourth-order valence-electron chi connectivity index (χ4n) is 0.632. The molecule has 0 fully saturated rings. The third-order valence-electron chi connectivity index (χ3n) is 1.16. The van der Waals surface area contributed by atoms with Crippen molar-refractivity contribution in [2.45, 2.75) is 0 Å². The largest absolute Gasteiger partial charge is 0.464 e. The lowest BCUT2D eigenvalue weighted by Gasteiger charge is -1.94. The molecule has 0 saturated heterocycles. The van der Waals surface area contributed by atoms with Crippen molar-refractivity contribution < 1.29 is 9.53 Å². The average Bonchev–Trinajstić information content (AvgIpc) is 2.32. The summed E-state index contributed by atoms with van der Waals surface area (Å²) >= 11 is 8.85. The topological polar surface area (TPSA) is 42.1 Å². The van der Waals surface area contributed by atoms with E-state index in [2.05, 4.69) is 25.7 Å². The Balaban J connectivity index is 3.04. The van der Waals surface area contributed by atoms with Gasteiger partial charge in [0.15, 0.2) is 0 Å². The number of hydrogen-bond acceptors (Lipinski definition) is 2. The number of methoxy groups -OCH3 is 1. The highest BCUT2D eigenvalue weighted by molar-refractivity contribution is 9.10. The van der Waals surface area contributed by atoms with Crippen molar-refractivity contribution in [3.8, 4) is 0 Å². The normalized spacial score (nSPS) is 9.73. The van der Waals surface area contributed by atoms with Crippen LogP contribution >= 0.6 is 27.5 Å². The van der Waals surface area contributed by atoms with Gasteiger partial charge in [0.2, 0.25) is 0 Å². The molecule has 60 valence electrons. The molecule has 5 heteroatoms. The van der Waals surface area contributed by atoms with Crippen LogP contribution in [0, 0.1) is 0 Å². The van der Waals surface area contributed by atoms with Crippen molar-refractivity contribution in [1.29, 1.82) is 0 Å². The summed E-state index contributed by atoms with van der Waals surface area (Å²) in [4.78, 5) is 13.6. The second-order valence-corrected chi connectivity index (χ2v) is 3.05. The van der Waals surface area contributed by atoms with E-state index in [1.165, 1.54) is 7.11 Å². The Morgan fingerprint density at radius 1 is 1.82 bits per heavy atom. The Labute approximate surface area is 76.8 Å². The number of aromatic nitrogens is 1. The van der Waals surface area contributed by atoms with Crippen molar-refractivity contribution in [1.82, 2.24) is 4.98 Å². The number of carbonyl (C=O) groups excluding carboxylic acids is 1. The summed E-state index contributed by atoms with van der Waals surface area (Å²) in [6, 6.07) is 0. The third-order valence-corrected chi connectivity index (χ3v) is 2.41. The molecule has 0 aliphatic rings. The van der Waals surface area contributed by atoms with Gasteiger partial charge in [0.1, 0.15) is 5.69 Å². The number of H-pyrrole nitrogens is 1. The lowest BCUT2D eigenvalue weighted by atomic mass is 10.4. The number of esters is 1. The molecule has 0 unspecified atom stereocenters. The van der Waals surface area contributed by atoms with Gasteiger partial charge in [-0.25, -0.2) is 4.79 Å². The van der Waals surface area contributed by atoms with Gasteiger partial charge in [-0.05, 0) is 15.9 Å². The predicted molar refractivity (Wildman–Crippen MR) is 44.8 cm³/mol. The van der Waals surface area contributed by atoms with Gasteiger partial charge in [0.05, 0.1) is 16.6 Å². The molecular weight excluding hydrogens is 233 g/mol. The van der Waals surface area contributed by atoms with E-state index < -0.39 is 5.97 Å². The summed E-state index contributed by atoms with van der Waals surface area (Å²) in [5, 5.41) is 0.344. The first-order chi connectivity index (χ1) is 5.16. The van der Waals surface area contributed by atoms with Gasteiger partial charge in [0, 0.05) is 6.20 Å². The van der Waals surface area contributed by atoms with E-state index in [9.17, 15) is 4.79 Å². The van der Waals surface area contributed by atoms with E-state index in [-0.39, 0.29) is 5.69 Å². The molecule has 11 heavy (non-hydrogen) atoms. The van der Waals surface area contributed by atoms with Gasteiger partial charge in [-0.15, -0.1) is 0 Å². The first-order valence-corrected chi connectivity index (χ1v) is 3.94. The van der Waals surface area contributed by atoms with E-state index in [1.807, 2.05) is 0 Å². The minimum atomic E-state index is -0.472. The van der Waals surface area contributed by atoms with E-state index >= 15 is 0 Å². The van der Waals surface area contributed by atoms with Crippen molar-refractivity contribution in [3.63, 3.8) is 0 Å².